The highest BCUT2D eigenvalue weighted by atomic mass is 16.3. The summed E-state index contributed by atoms with van der Waals surface area (Å²) in [5, 5.41) is 0. The summed E-state index contributed by atoms with van der Waals surface area (Å²) in [5.41, 5.74) is 10.6. The SMILES string of the molecule is CN1C(=O)Cc2cc(C(=O)Cc3cc(-c4ccco4)ccc3N)ccc21. The van der Waals surface area contributed by atoms with E-state index in [9.17, 15) is 9.59 Å². The van der Waals surface area contributed by atoms with Gasteiger partial charge in [0.2, 0.25) is 5.91 Å². The molecule has 2 heterocycles. The Bertz CT molecular complexity index is 1010. The number of anilines is 2. The van der Waals surface area contributed by atoms with Gasteiger partial charge in [0, 0.05) is 36.0 Å². The summed E-state index contributed by atoms with van der Waals surface area (Å²) in [6, 6.07) is 14.6. The van der Waals surface area contributed by atoms with Crippen LogP contribution < -0.4 is 10.6 Å². The highest BCUT2D eigenvalue weighted by Gasteiger charge is 2.24. The van der Waals surface area contributed by atoms with Crippen LogP contribution in [0.15, 0.2) is 59.2 Å². The second-order valence-corrected chi connectivity index (χ2v) is 6.46. The first-order valence-corrected chi connectivity index (χ1v) is 8.38. The number of likely N-dealkylation sites (N-methyl/N-ethyl adjacent to an activating group) is 1. The maximum Gasteiger partial charge on any atom is 0.231 e. The second-order valence-electron chi connectivity index (χ2n) is 6.46. The van der Waals surface area contributed by atoms with Crippen LogP contribution >= 0.6 is 0 Å². The zero-order valence-corrected chi connectivity index (χ0v) is 14.4. The van der Waals surface area contributed by atoms with Crippen molar-refractivity contribution in [3.05, 3.63) is 71.5 Å². The molecule has 130 valence electrons. The molecular weight excluding hydrogens is 328 g/mol. The molecule has 5 heteroatoms. The molecular formula is C21H18N2O3. The minimum atomic E-state index is -0.0295. The summed E-state index contributed by atoms with van der Waals surface area (Å²) in [6.45, 7) is 0. The van der Waals surface area contributed by atoms with Crippen LogP contribution in [0, 0.1) is 0 Å². The Morgan fingerprint density at radius 2 is 2.04 bits per heavy atom. The fraction of sp³-hybridized carbons (Fsp3) is 0.143. The molecule has 1 aromatic heterocycles. The molecule has 0 fully saturated rings. The third-order valence-corrected chi connectivity index (χ3v) is 4.78. The van der Waals surface area contributed by atoms with E-state index in [4.69, 9.17) is 10.2 Å². The third-order valence-electron chi connectivity index (χ3n) is 4.78. The molecule has 0 saturated heterocycles. The Morgan fingerprint density at radius 3 is 2.81 bits per heavy atom. The van der Waals surface area contributed by atoms with E-state index in [0.717, 1.165) is 28.1 Å². The van der Waals surface area contributed by atoms with Gasteiger partial charge in [0.1, 0.15) is 5.76 Å². The molecule has 0 aliphatic carbocycles. The van der Waals surface area contributed by atoms with E-state index >= 15 is 0 Å². The number of rotatable bonds is 4. The van der Waals surface area contributed by atoms with Crippen molar-refractivity contribution in [2.45, 2.75) is 12.8 Å². The minimum Gasteiger partial charge on any atom is -0.464 e. The summed E-state index contributed by atoms with van der Waals surface area (Å²) >= 11 is 0. The smallest absolute Gasteiger partial charge is 0.231 e. The number of carbonyl (C=O) groups excluding carboxylic acids is 2. The Kier molecular flexibility index (Phi) is 3.84. The summed E-state index contributed by atoms with van der Waals surface area (Å²) in [4.78, 5) is 26.2. The Labute approximate surface area is 151 Å². The van der Waals surface area contributed by atoms with Crippen LogP contribution in [0.2, 0.25) is 0 Å². The number of furan rings is 1. The highest BCUT2D eigenvalue weighted by molar-refractivity contribution is 6.04. The van der Waals surface area contributed by atoms with E-state index in [1.807, 2.05) is 36.4 Å². The van der Waals surface area contributed by atoms with Gasteiger partial charge >= 0.3 is 0 Å². The van der Waals surface area contributed by atoms with E-state index in [1.165, 1.54) is 0 Å². The van der Waals surface area contributed by atoms with Gasteiger partial charge in [0.15, 0.2) is 5.78 Å². The molecule has 0 radical (unpaired) electrons. The van der Waals surface area contributed by atoms with Crippen LogP contribution in [0.3, 0.4) is 0 Å². The van der Waals surface area contributed by atoms with Crippen molar-refractivity contribution in [1.82, 2.24) is 0 Å². The molecule has 5 nitrogen and oxygen atoms in total. The average molecular weight is 346 g/mol. The normalized spacial score (nSPS) is 13.1. The minimum absolute atomic E-state index is 0.0295. The predicted octanol–water partition coefficient (Wildman–Crippen LogP) is 3.47. The molecule has 4 rings (SSSR count). The number of hydrogen-bond acceptors (Lipinski definition) is 4. The summed E-state index contributed by atoms with van der Waals surface area (Å²) in [7, 11) is 1.75. The lowest BCUT2D eigenvalue weighted by Gasteiger charge is -2.11. The first-order chi connectivity index (χ1) is 12.5. The second kappa shape index (κ2) is 6.19. The van der Waals surface area contributed by atoms with Gasteiger partial charge in [-0.15, -0.1) is 0 Å². The van der Waals surface area contributed by atoms with Crippen LogP contribution in [0.4, 0.5) is 11.4 Å². The standard InChI is InChI=1S/C21H18N2O3/c1-23-18-7-5-13(9-16(18)12-21(23)25)19(24)11-15-10-14(4-6-17(15)22)20-3-2-8-26-20/h2-10H,11-12,22H2,1H3. The van der Waals surface area contributed by atoms with E-state index in [-0.39, 0.29) is 18.1 Å². The zero-order valence-electron chi connectivity index (χ0n) is 14.4. The number of fused-ring (bicyclic) bond motifs is 1. The highest BCUT2D eigenvalue weighted by Crippen LogP contribution is 2.29. The van der Waals surface area contributed by atoms with Gasteiger partial charge in [-0.3, -0.25) is 9.59 Å². The number of benzene rings is 2. The average Bonchev–Trinajstić information content (AvgIpc) is 3.26. The molecule has 0 saturated carbocycles. The lowest BCUT2D eigenvalue weighted by Crippen LogP contribution is -2.20. The molecule has 1 aliphatic rings. The summed E-state index contributed by atoms with van der Waals surface area (Å²) in [5.74, 6) is 0.746. The van der Waals surface area contributed by atoms with Crippen molar-refractivity contribution in [2.24, 2.45) is 0 Å². The van der Waals surface area contributed by atoms with Crippen LogP contribution in [0.1, 0.15) is 21.5 Å². The van der Waals surface area contributed by atoms with Crippen molar-refractivity contribution in [3.8, 4) is 11.3 Å². The molecule has 3 aromatic rings. The first-order valence-electron chi connectivity index (χ1n) is 8.38. The molecule has 2 aromatic carbocycles. The van der Waals surface area contributed by atoms with Crippen molar-refractivity contribution in [3.63, 3.8) is 0 Å². The Hall–Kier alpha value is -3.34. The third kappa shape index (κ3) is 2.77. The number of amides is 1. The van der Waals surface area contributed by atoms with Gasteiger partial charge in [-0.05, 0) is 59.7 Å². The summed E-state index contributed by atoms with van der Waals surface area (Å²) in [6.07, 6.45) is 2.14. The van der Waals surface area contributed by atoms with E-state index < -0.39 is 0 Å². The van der Waals surface area contributed by atoms with Crippen molar-refractivity contribution in [1.29, 1.82) is 0 Å². The van der Waals surface area contributed by atoms with Crippen LogP contribution in [-0.4, -0.2) is 18.7 Å². The van der Waals surface area contributed by atoms with Gasteiger partial charge < -0.3 is 15.1 Å². The van der Waals surface area contributed by atoms with Crippen LogP contribution in [0.5, 0.6) is 0 Å². The van der Waals surface area contributed by atoms with Crippen molar-refractivity contribution >= 4 is 23.1 Å². The Morgan fingerprint density at radius 1 is 1.19 bits per heavy atom. The molecule has 0 spiro atoms. The molecule has 0 unspecified atom stereocenters. The van der Waals surface area contributed by atoms with Crippen molar-refractivity contribution < 1.29 is 14.0 Å². The van der Waals surface area contributed by atoms with Gasteiger partial charge in [-0.2, -0.15) is 0 Å². The largest absolute Gasteiger partial charge is 0.464 e. The first kappa shape index (κ1) is 16.1. The number of ketones is 1. The maximum atomic E-state index is 12.7. The molecule has 1 amide bonds. The van der Waals surface area contributed by atoms with Crippen LogP contribution in [0.25, 0.3) is 11.3 Å². The van der Waals surface area contributed by atoms with E-state index in [2.05, 4.69) is 0 Å². The molecule has 0 bridgehead atoms. The lowest BCUT2D eigenvalue weighted by atomic mass is 9.97. The number of hydrogen-bond donors (Lipinski definition) is 1. The molecule has 0 atom stereocenters. The van der Waals surface area contributed by atoms with Gasteiger partial charge in [-0.25, -0.2) is 0 Å². The van der Waals surface area contributed by atoms with E-state index in [0.29, 0.717) is 17.7 Å². The topological polar surface area (TPSA) is 76.5 Å². The van der Waals surface area contributed by atoms with E-state index in [1.54, 1.807) is 30.3 Å². The fourth-order valence-corrected chi connectivity index (χ4v) is 3.27. The lowest BCUT2D eigenvalue weighted by molar-refractivity contribution is -0.117. The summed E-state index contributed by atoms with van der Waals surface area (Å²) < 4.78 is 5.41. The number of nitrogens with two attached hydrogens (primary N) is 1. The van der Waals surface area contributed by atoms with Crippen LogP contribution in [-0.2, 0) is 17.6 Å². The number of nitrogens with zero attached hydrogens (tertiary/aromatic N) is 1. The quantitative estimate of drug-likeness (QED) is 0.580. The number of nitrogen functional groups attached to an aromatic ring is 1. The van der Waals surface area contributed by atoms with Gasteiger partial charge in [0.05, 0.1) is 12.7 Å². The predicted molar refractivity (Wildman–Crippen MR) is 100 cm³/mol. The maximum absolute atomic E-state index is 12.7. The van der Waals surface area contributed by atoms with Gasteiger partial charge in [0.25, 0.3) is 0 Å². The Balaban J connectivity index is 1.60. The molecule has 26 heavy (non-hydrogen) atoms. The number of Topliss-reactive ketones (excluding diaryl/α,β-unsaturated/α-hetero) is 1. The van der Waals surface area contributed by atoms with Gasteiger partial charge in [-0.1, -0.05) is 0 Å². The molecule has 2 N–H and O–H groups in total. The monoisotopic (exact) mass is 346 g/mol. The zero-order chi connectivity index (χ0) is 18.3. The number of carbonyl (C=O) groups is 2. The fourth-order valence-electron chi connectivity index (χ4n) is 3.27. The molecule has 1 aliphatic heterocycles. The van der Waals surface area contributed by atoms with Crippen molar-refractivity contribution in [2.75, 3.05) is 17.7 Å².